The smallest absolute Gasteiger partial charge is 0.121 e. The third kappa shape index (κ3) is 1.94. The summed E-state index contributed by atoms with van der Waals surface area (Å²) in [5.74, 6) is 0.902. The molecule has 4 heteroatoms. The Balaban J connectivity index is 2.72. The van der Waals surface area contributed by atoms with E-state index in [-0.39, 0.29) is 0 Å². The number of hydrogen-bond donors (Lipinski definition) is 1. The lowest BCUT2D eigenvalue weighted by Crippen LogP contribution is -2.02. The predicted molar refractivity (Wildman–Crippen MR) is 70.1 cm³/mol. The Labute approximate surface area is 109 Å². The number of hydrogen-bond acceptors (Lipinski definition) is 2. The maximum Gasteiger partial charge on any atom is 0.121 e. The van der Waals surface area contributed by atoms with E-state index in [0.717, 1.165) is 10.0 Å². The van der Waals surface area contributed by atoms with Crippen molar-refractivity contribution in [2.75, 3.05) is 0 Å². The standard InChI is InChI=1S/C12H13BrN2S/c1-6(2)9-8(5-14)12(16)15-11(10(9)13)7-3-4-7/h6-7H,3-4H2,1-2H3,(H,15,16). The second kappa shape index (κ2) is 4.31. The third-order valence-corrected chi connectivity index (χ3v) is 4.05. The largest absolute Gasteiger partial charge is 0.348 e. The number of halogens is 1. The number of aromatic amines is 1. The van der Waals surface area contributed by atoms with Gasteiger partial charge in [-0.15, -0.1) is 0 Å². The van der Waals surface area contributed by atoms with Gasteiger partial charge in [-0.1, -0.05) is 26.1 Å². The Kier molecular flexibility index (Phi) is 3.18. The summed E-state index contributed by atoms with van der Waals surface area (Å²) in [6.07, 6.45) is 2.43. The number of rotatable bonds is 2. The molecule has 0 unspecified atom stereocenters. The van der Waals surface area contributed by atoms with E-state index in [1.54, 1.807) is 0 Å². The number of aromatic nitrogens is 1. The van der Waals surface area contributed by atoms with E-state index < -0.39 is 0 Å². The van der Waals surface area contributed by atoms with Gasteiger partial charge in [0.2, 0.25) is 0 Å². The summed E-state index contributed by atoms with van der Waals surface area (Å²) in [6, 6.07) is 2.21. The van der Waals surface area contributed by atoms with E-state index in [4.69, 9.17) is 17.5 Å². The van der Waals surface area contributed by atoms with Crippen molar-refractivity contribution in [2.24, 2.45) is 0 Å². The molecule has 0 radical (unpaired) electrons. The molecule has 1 heterocycles. The highest BCUT2D eigenvalue weighted by Crippen LogP contribution is 2.44. The van der Waals surface area contributed by atoms with Crippen LogP contribution in [0.2, 0.25) is 0 Å². The molecule has 1 N–H and O–H groups in total. The number of nitrogens with one attached hydrogen (secondary N) is 1. The zero-order valence-corrected chi connectivity index (χ0v) is 11.7. The first-order valence-electron chi connectivity index (χ1n) is 5.42. The lowest BCUT2D eigenvalue weighted by molar-refractivity contribution is 0.836. The Hall–Kier alpha value is -0.660. The Bertz CT molecular complexity index is 521. The van der Waals surface area contributed by atoms with Crippen LogP contribution in [0.1, 0.15) is 55.3 Å². The number of pyridine rings is 1. The molecule has 1 aliphatic carbocycles. The van der Waals surface area contributed by atoms with Crippen LogP contribution in [-0.4, -0.2) is 4.98 Å². The fraction of sp³-hybridized carbons (Fsp3) is 0.500. The average Bonchev–Trinajstić information content (AvgIpc) is 3.03. The quantitative estimate of drug-likeness (QED) is 0.823. The lowest BCUT2D eigenvalue weighted by atomic mass is 9.98. The number of nitrogens with zero attached hydrogens (tertiary/aromatic N) is 1. The zero-order chi connectivity index (χ0) is 11.9. The first kappa shape index (κ1) is 11.8. The minimum absolute atomic E-state index is 0.304. The fourth-order valence-corrected chi connectivity index (χ4v) is 3.27. The molecule has 16 heavy (non-hydrogen) atoms. The van der Waals surface area contributed by atoms with E-state index in [1.807, 2.05) is 0 Å². The highest BCUT2D eigenvalue weighted by atomic mass is 79.9. The molecule has 0 saturated heterocycles. The molecule has 1 saturated carbocycles. The van der Waals surface area contributed by atoms with Crippen LogP contribution in [-0.2, 0) is 0 Å². The van der Waals surface area contributed by atoms with Gasteiger partial charge >= 0.3 is 0 Å². The molecular weight excluding hydrogens is 284 g/mol. The van der Waals surface area contributed by atoms with Gasteiger partial charge in [-0.25, -0.2) is 0 Å². The van der Waals surface area contributed by atoms with Crippen molar-refractivity contribution >= 4 is 28.1 Å². The van der Waals surface area contributed by atoms with Crippen LogP contribution >= 0.6 is 28.1 Å². The van der Waals surface area contributed by atoms with Crippen LogP contribution in [0.4, 0.5) is 0 Å². The molecular formula is C12H13BrN2S. The van der Waals surface area contributed by atoms with Gasteiger partial charge in [-0.3, -0.25) is 0 Å². The highest BCUT2D eigenvalue weighted by molar-refractivity contribution is 9.10. The number of H-pyrrole nitrogens is 1. The molecule has 1 fully saturated rings. The van der Waals surface area contributed by atoms with Gasteiger partial charge in [-0.2, -0.15) is 5.26 Å². The number of nitriles is 1. The van der Waals surface area contributed by atoms with Crippen LogP contribution in [0.25, 0.3) is 0 Å². The van der Waals surface area contributed by atoms with Crippen molar-refractivity contribution in [1.29, 1.82) is 5.26 Å². The van der Waals surface area contributed by atoms with Gasteiger partial charge in [0.1, 0.15) is 10.7 Å². The van der Waals surface area contributed by atoms with Crippen molar-refractivity contribution in [1.82, 2.24) is 4.98 Å². The second-order valence-corrected chi connectivity index (χ2v) is 5.71. The molecule has 0 atom stereocenters. The van der Waals surface area contributed by atoms with Crippen LogP contribution in [0.5, 0.6) is 0 Å². The molecule has 1 aliphatic rings. The fourth-order valence-electron chi connectivity index (χ4n) is 1.92. The maximum atomic E-state index is 9.16. The Morgan fingerprint density at radius 3 is 2.56 bits per heavy atom. The summed E-state index contributed by atoms with van der Waals surface area (Å²) in [4.78, 5) is 3.20. The van der Waals surface area contributed by atoms with Crippen molar-refractivity contribution in [2.45, 2.75) is 38.5 Å². The van der Waals surface area contributed by atoms with E-state index in [0.29, 0.717) is 22.0 Å². The van der Waals surface area contributed by atoms with E-state index in [2.05, 4.69) is 40.8 Å². The molecule has 0 aromatic carbocycles. The molecule has 0 spiro atoms. The van der Waals surface area contributed by atoms with Crippen LogP contribution in [0.15, 0.2) is 4.47 Å². The first-order valence-corrected chi connectivity index (χ1v) is 6.62. The summed E-state index contributed by atoms with van der Waals surface area (Å²) < 4.78 is 1.63. The molecule has 2 nitrogen and oxygen atoms in total. The van der Waals surface area contributed by atoms with Gasteiger partial charge in [0.25, 0.3) is 0 Å². The minimum atomic E-state index is 0.304. The molecule has 0 bridgehead atoms. The average molecular weight is 297 g/mol. The Morgan fingerprint density at radius 2 is 2.12 bits per heavy atom. The summed E-state index contributed by atoms with van der Waals surface area (Å²) in [5, 5.41) is 9.16. The predicted octanol–water partition coefficient (Wildman–Crippen LogP) is 4.38. The molecule has 0 amide bonds. The second-order valence-electron chi connectivity index (χ2n) is 4.51. The summed E-state index contributed by atoms with van der Waals surface area (Å²) in [6.45, 7) is 4.18. The minimum Gasteiger partial charge on any atom is -0.348 e. The maximum absolute atomic E-state index is 9.16. The van der Waals surface area contributed by atoms with Crippen molar-refractivity contribution in [3.63, 3.8) is 0 Å². The van der Waals surface area contributed by atoms with Crippen LogP contribution in [0.3, 0.4) is 0 Å². The van der Waals surface area contributed by atoms with Gasteiger partial charge in [-0.05, 0) is 40.3 Å². The van der Waals surface area contributed by atoms with Gasteiger partial charge < -0.3 is 4.98 Å². The van der Waals surface area contributed by atoms with E-state index in [1.165, 1.54) is 18.5 Å². The van der Waals surface area contributed by atoms with Gasteiger partial charge in [0.05, 0.1) is 5.56 Å². The molecule has 1 aromatic heterocycles. The summed E-state index contributed by atoms with van der Waals surface area (Å²) in [5.41, 5.74) is 2.84. The molecule has 84 valence electrons. The SMILES string of the molecule is CC(C)c1c(Br)c(C2CC2)[nH]c(=S)c1C#N. The van der Waals surface area contributed by atoms with Crippen LogP contribution < -0.4 is 0 Å². The Morgan fingerprint density at radius 1 is 1.50 bits per heavy atom. The van der Waals surface area contributed by atoms with E-state index >= 15 is 0 Å². The molecule has 2 rings (SSSR count). The van der Waals surface area contributed by atoms with Crippen molar-refractivity contribution in [3.05, 3.63) is 25.9 Å². The van der Waals surface area contributed by atoms with Gasteiger partial charge in [0, 0.05) is 16.1 Å². The zero-order valence-electron chi connectivity index (χ0n) is 9.30. The van der Waals surface area contributed by atoms with Crippen molar-refractivity contribution in [3.8, 4) is 6.07 Å². The van der Waals surface area contributed by atoms with Gasteiger partial charge in [0.15, 0.2) is 0 Å². The lowest BCUT2D eigenvalue weighted by Gasteiger charge is -2.14. The summed E-state index contributed by atoms with van der Waals surface area (Å²) in [7, 11) is 0. The summed E-state index contributed by atoms with van der Waals surface area (Å²) >= 11 is 8.87. The van der Waals surface area contributed by atoms with Crippen molar-refractivity contribution < 1.29 is 0 Å². The first-order chi connectivity index (χ1) is 7.56. The van der Waals surface area contributed by atoms with E-state index in [9.17, 15) is 0 Å². The third-order valence-electron chi connectivity index (χ3n) is 2.89. The molecule has 1 aromatic rings. The molecule has 0 aliphatic heterocycles. The normalized spacial score (nSPS) is 15.2. The topological polar surface area (TPSA) is 39.6 Å². The highest BCUT2D eigenvalue weighted by Gasteiger charge is 2.29. The monoisotopic (exact) mass is 296 g/mol. The van der Waals surface area contributed by atoms with Crippen LogP contribution in [0, 0.1) is 16.0 Å².